The second-order valence-corrected chi connectivity index (χ2v) is 4.64. The summed E-state index contributed by atoms with van der Waals surface area (Å²) in [5.74, 6) is -0.872. The van der Waals surface area contributed by atoms with Gasteiger partial charge in [0.2, 0.25) is 0 Å². The first-order valence-electron chi connectivity index (χ1n) is 6.11. The van der Waals surface area contributed by atoms with Gasteiger partial charge in [0.25, 0.3) is 5.91 Å². The quantitative estimate of drug-likeness (QED) is 0.922. The molecule has 5 heteroatoms. The van der Waals surface area contributed by atoms with E-state index in [0.29, 0.717) is 0 Å². The first-order chi connectivity index (χ1) is 8.99. The van der Waals surface area contributed by atoms with Crippen LogP contribution in [0.5, 0.6) is 0 Å². The normalized spacial score (nSPS) is 10.8. The monoisotopic (exact) mass is 261 g/mol. The maximum Gasteiger partial charge on any atom is 0.276 e. The van der Waals surface area contributed by atoms with E-state index in [2.05, 4.69) is 10.4 Å². The second-order valence-electron chi connectivity index (χ2n) is 4.64. The number of halogens is 1. The van der Waals surface area contributed by atoms with Gasteiger partial charge in [-0.2, -0.15) is 5.10 Å². The molecule has 1 heterocycles. The number of benzene rings is 1. The molecule has 1 aromatic carbocycles. The number of amides is 1. The number of carbonyl (C=O) groups is 1. The number of nitrogens with one attached hydrogen (secondary N) is 1. The zero-order chi connectivity index (χ0) is 14.0. The fourth-order valence-electron chi connectivity index (χ4n) is 1.87. The van der Waals surface area contributed by atoms with Crippen molar-refractivity contribution in [3.05, 3.63) is 47.5 Å². The van der Waals surface area contributed by atoms with Crippen molar-refractivity contribution >= 4 is 11.6 Å². The van der Waals surface area contributed by atoms with Crippen LogP contribution >= 0.6 is 0 Å². The molecule has 1 aromatic heterocycles. The number of rotatable bonds is 3. The van der Waals surface area contributed by atoms with Gasteiger partial charge in [-0.05, 0) is 39.0 Å². The Hall–Kier alpha value is -2.17. The highest BCUT2D eigenvalue weighted by Crippen LogP contribution is 2.15. The van der Waals surface area contributed by atoms with Crippen molar-refractivity contribution in [2.24, 2.45) is 0 Å². The van der Waals surface area contributed by atoms with E-state index in [1.54, 1.807) is 22.9 Å². The second kappa shape index (κ2) is 5.22. The van der Waals surface area contributed by atoms with Crippen molar-refractivity contribution in [1.82, 2.24) is 9.78 Å². The molecule has 0 spiro atoms. The van der Waals surface area contributed by atoms with Gasteiger partial charge in [-0.1, -0.05) is 12.1 Å². The number of carbonyl (C=O) groups excluding carboxylic acids is 1. The summed E-state index contributed by atoms with van der Waals surface area (Å²) in [5.41, 5.74) is 1.34. The van der Waals surface area contributed by atoms with E-state index in [1.165, 1.54) is 12.1 Å². The highest BCUT2D eigenvalue weighted by molar-refractivity contribution is 6.02. The van der Waals surface area contributed by atoms with Gasteiger partial charge in [-0.3, -0.25) is 9.48 Å². The number of hydrogen-bond donors (Lipinski definition) is 1. The summed E-state index contributed by atoms with van der Waals surface area (Å²) in [5, 5.41) is 6.73. The van der Waals surface area contributed by atoms with Crippen molar-refractivity contribution in [3.63, 3.8) is 0 Å². The van der Waals surface area contributed by atoms with Crippen LogP contribution in [0.2, 0.25) is 0 Å². The lowest BCUT2D eigenvalue weighted by molar-refractivity contribution is 0.102. The molecule has 0 radical (unpaired) electrons. The van der Waals surface area contributed by atoms with Gasteiger partial charge in [-0.15, -0.1) is 0 Å². The third-order valence-electron chi connectivity index (χ3n) is 2.77. The highest BCUT2D eigenvalue weighted by atomic mass is 19.1. The van der Waals surface area contributed by atoms with E-state index < -0.39 is 11.7 Å². The Labute approximate surface area is 111 Å². The van der Waals surface area contributed by atoms with Crippen molar-refractivity contribution < 1.29 is 9.18 Å². The third kappa shape index (κ3) is 2.81. The van der Waals surface area contributed by atoms with Crippen LogP contribution in [0.4, 0.5) is 10.1 Å². The topological polar surface area (TPSA) is 46.9 Å². The summed E-state index contributed by atoms with van der Waals surface area (Å²) in [7, 11) is 0. The van der Waals surface area contributed by atoms with Crippen LogP contribution in [0, 0.1) is 12.7 Å². The predicted molar refractivity (Wildman–Crippen MR) is 71.7 cm³/mol. The minimum Gasteiger partial charge on any atom is -0.318 e. The van der Waals surface area contributed by atoms with Crippen LogP contribution < -0.4 is 5.32 Å². The summed E-state index contributed by atoms with van der Waals surface area (Å²) in [4.78, 5) is 12.0. The van der Waals surface area contributed by atoms with Crippen molar-refractivity contribution in [2.45, 2.75) is 26.8 Å². The molecule has 1 N–H and O–H groups in total. The fourth-order valence-corrected chi connectivity index (χ4v) is 1.87. The molecule has 2 aromatic rings. The standard InChI is InChI=1S/C14H16FN3O/c1-9(2)18-10(3)8-13(17-18)14(19)16-12-7-5-4-6-11(12)15/h4-9H,1-3H3,(H,16,19). The summed E-state index contributed by atoms with van der Waals surface area (Å²) < 4.78 is 15.2. The molecular weight excluding hydrogens is 245 g/mol. The number of nitrogens with zero attached hydrogens (tertiary/aromatic N) is 2. The molecule has 0 atom stereocenters. The third-order valence-corrected chi connectivity index (χ3v) is 2.77. The fraction of sp³-hybridized carbons (Fsp3) is 0.286. The summed E-state index contributed by atoms with van der Waals surface area (Å²) in [6.07, 6.45) is 0. The van der Waals surface area contributed by atoms with E-state index in [9.17, 15) is 9.18 Å². The molecule has 100 valence electrons. The molecule has 0 saturated heterocycles. The van der Waals surface area contributed by atoms with Crippen LogP contribution in [-0.2, 0) is 0 Å². The molecule has 0 aliphatic heterocycles. The van der Waals surface area contributed by atoms with Crippen molar-refractivity contribution in [2.75, 3.05) is 5.32 Å². The minimum atomic E-state index is -0.462. The SMILES string of the molecule is Cc1cc(C(=O)Nc2ccccc2F)nn1C(C)C. The number of hydrogen-bond acceptors (Lipinski definition) is 2. The van der Waals surface area contributed by atoms with E-state index in [1.807, 2.05) is 20.8 Å². The first kappa shape index (κ1) is 13.3. The van der Waals surface area contributed by atoms with Gasteiger partial charge in [0.05, 0.1) is 5.69 Å². The molecule has 0 bridgehead atoms. The van der Waals surface area contributed by atoms with E-state index in [-0.39, 0.29) is 17.4 Å². The van der Waals surface area contributed by atoms with Crippen molar-refractivity contribution in [1.29, 1.82) is 0 Å². The minimum absolute atomic E-state index is 0.157. The smallest absolute Gasteiger partial charge is 0.276 e. The summed E-state index contributed by atoms with van der Waals surface area (Å²) >= 11 is 0. The Morgan fingerprint density at radius 1 is 1.37 bits per heavy atom. The first-order valence-corrected chi connectivity index (χ1v) is 6.11. The molecule has 0 aliphatic rings. The van der Waals surface area contributed by atoms with Crippen LogP contribution in [0.25, 0.3) is 0 Å². The number of para-hydroxylation sites is 1. The predicted octanol–water partition coefficient (Wildman–Crippen LogP) is 3.16. The van der Waals surface area contributed by atoms with Gasteiger partial charge in [0.15, 0.2) is 5.69 Å². The molecule has 0 saturated carbocycles. The Morgan fingerprint density at radius 3 is 2.63 bits per heavy atom. The van der Waals surface area contributed by atoms with E-state index in [4.69, 9.17) is 0 Å². The maximum absolute atomic E-state index is 13.4. The Morgan fingerprint density at radius 2 is 2.05 bits per heavy atom. The van der Waals surface area contributed by atoms with Crippen LogP contribution in [-0.4, -0.2) is 15.7 Å². The lowest BCUT2D eigenvalue weighted by Crippen LogP contribution is -2.14. The van der Waals surface area contributed by atoms with Crippen LogP contribution in [0.3, 0.4) is 0 Å². The van der Waals surface area contributed by atoms with Gasteiger partial charge in [-0.25, -0.2) is 4.39 Å². The molecule has 1 amide bonds. The Balaban J connectivity index is 2.21. The average Bonchev–Trinajstić information content (AvgIpc) is 2.74. The largest absolute Gasteiger partial charge is 0.318 e. The molecule has 0 aliphatic carbocycles. The van der Waals surface area contributed by atoms with Crippen molar-refractivity contribution in [3.8, 4) is 0 Å². The molecule has 4 nitrogen and oxygen atoms in total. The molecular formula is C14H16FN3O. The van der Waals surface area contributed by atoms with Gasteiger partial charge in [0.1, 0.15) is 5.82 Å². The summed E-state index contributed by atoms with van der Waals surface area (Å²) in [6, 6.07) is 7.91. The molecule has 19 heavy (non-hydrogen) atoms. The lowest BCUT2D eigenvalue weighted by Gasteiger charge is -2.07. The van der Waals surface area contributed by atoms with E-state index in [0.717, 1.165) is 5.69 Å². The van der Waals surface area contributed by atoms with Crippen LogP contribution in [0.1, 0.15) is 36.1 Å². The molecule has 0 fully saturated rings. The summed E-state index contributed by atoms with van der Waals surface area (Å²) in [6.45, 7) is 5.85. The van der Waals surface area contributed by atoms with Gasteiger partial charge < -0.3 is 5.32 Å². The maximum atomic E-state index is 13.4. The van der Waals surface area contributed by atoms with Crippen LogP contribution in [0.15, 0.2) is 30.3 Å². The average molecular weight is 261 g/mol. The molecule has 2 rings (SSSR count). The number of aryl methyl sites for hydroxylation is 1. The van der Waals surface area contributed by atoms with Gasteiger partial charge >= 0.3 is 0 Å². The highest BCUT2D eigenvalue weighted by Gasteiger charge is 2.15. The zero-order valence-electron chi connectivity index (χ0n) is 11.1. The zero-order valence-corrected chi connectivity index (χ0v) is 11.1. The number of aromatic nitrogens is 2. The van der Waals surface area contributed by atoms with E-state index >= 15 is 0 Å². The van der Waals surface area contributed by atoms with Gasteiger partial charge in [0, 0.05) is 11.7 Å². The number of anilines is 1. The molecule has 0 unspecified atom stereocenters. The Kier molecular flexibility index (Phi) is 3.64. The Bertz CT molecular complexity index is 604. The lowest BCUT2D eigenvalue weighted by atomic mass is 10.3.